The number of hydrogen-bond donors (Lipinski definition) is 4. The molecule has 7 nitrogen and oxygen atoms in total. The number of nitrogens with one attached hydrogen (secondary N) is 3. The lowest BCUT2D eigenvalue weighted by atomic mass is 9.87. The molecule has 2 unspecified atom stereocenters. The quantitative estimate of drug-likeness (QED) is 0.316. The van der Waals surface area contributed by atoms with Gasteiger partial charge in [-0.15, -0.1) is 0 Å². The summed E-state index contributed by atoms with van der Waals surface area (Å²) in [4.78, 5) is 24.2. The molecule has 1 aromatic carbocycles. The highest BCUT2D eigenvalue weighted by atomic mass is 35.5. The minimum absolute atomic E-state index is 0.545. The maximum Gasteiger partial charge on any atom is 0.239 e. The van der Waals surface area contributed by atoms with Gasteiger partial charge in [0.2, 0.25) is 11.1 Å². The van der Waals surface area contributed by atoms with E-state index in [1.807, 2.05) is 7.05 Å². The summed E-state index contributed by atoms with van der Waals surface area (Å²) in [5, 5.41) is 20.4. The van der Waals surface area contributed by atoms with E-state index in [1.54, 1.807) is 0 Å². The smallest absolute Gasteiger partial charge is 0.239 e. The number of hydrogen-bond acceptors (Lipinski definition) is 5. The molecule has 0 saturated carbocycles. The lowest BCUT2D eigenvalue weighted by molar-refractivity contribution is -0.133. The van der Waals surface area contributed by atoms with Crippen molar-refractivity contribution in [3.63, 3.8) is 0 Å². The van der Waals surface area contributed by atoms with Crippen LogP contribution in [0.4, 0.5) is 0 Å². The van der Waals surface area contributed by atoms with Gasteiger partial charge in [-0.1, -0.05) is 0 Å². The molecule has 160 valence electrons. The van der Waals surface area contributed by atoms with Crippen molar-refractivity contribution in [3.05, 3.63) is 40.6 Å². The van der Waals surface area contributed by atoms with Crippen LogP contribution in [0.2, 0.25) is 0 Å². The predicted molar refractivity (Wildman–Crippen MR) is 117 cm³/mol. The highest BCUT2D eigenvalue weighted by Crippen LogP contribution is 2.38. The van der Waals surface area contributed by atoms with Crippen LogP contribution in [0.15, 0.2) is 23.8 Å². The molecule has 0 saturated heterocycles. The Morgan fingerprint density at radius 3 is 2.83 bits per heavy atom. The predicted octanol–water partition coefficient (Wildman–Crippen LogP) is 1.41. The Labute approximate surface area is 180 Å². The van der Waals surface area contributed by atoms with Crippen LogP contribution in [0, 0.1) is 5.92 Å². The molecule has 4 N–H and O–H groups in total. The third-order valence-electron chi connectivity index (χ3n) is 6.16. The van der Waals surface area contributed by atoms with Crippen molar-refractivity contribution in [2.24, 2.45) is 13.0 Å². The number of rotatable bonds is 6. The fraction of sp³-hybridized carbons (Fsp3) is 0.455. The van der Waals surface area contributed by atoms with Gasteiger partial charge in [0.05, 0.1) is 11.8 Å². The number of nitrogens with zero attached hydrogens (tertiary/aromatic N) is 1. The second kappa shape index (κ2) is 8.51. The number of likely N-dealkylation sites (N-methyl/N-ethyl adjacent to an activating group) is 1. The Kier molecular flexibility index (Phi) is 5.97. The molecular weight excluding hydrogens is 404 g/mol. The molecule has 0 spiro atoms. The lowest BCUT2D eigenvalue weighted by Gasteiger charge is -2.30. The molecule has 0 radical (unpaired) electrons. The lowest BCUT2D eigenvalue weighted by Crippen LogP contribution is -2.46. The summed E-state index contributed by atoms with van der Waals surface area (Å²) in [6, 6.07) is 6.41. The van der Waals surface area contributed by atoms with E-state index in [0.717, 1.165) is 54.5 Å². The zero-order valence-electron chi connectivity index (χ0n) is 17.2. The molecule has 1 aliphatic heterocycles. The molecule has 0 fully saturated rings. The first-order chi connectivity index (χ1) is 14.4. The molecule has 1 aromatic heterocycles. The summed E-state index contributed by atoms with van der Waals surface area (Å²) < 4.78 is 2.19. The summed E-state index contributed by atoms with van der Waals surface area (Å²) in [5.74, 6) is -1.79. The van der Waals surface area contributed by atoms with Gasteiger partial charge in [0.25, 0.3) is 0 Å². The molecule has 2 heterocycles. The highest BCUT2D eigenvalue weighted by Gasteiger charge is 2.41. The molecular formula is C22H27ClN4O3. The van der Waals surface area contributed by atoms with Crippen molar-refractivity contribution < 1.29 is 14.7 Å². The second-order valence-corrected chi connectivity index (χ2v) is 8.39. The summed E-state index contributed by atoms with van der Waals surface area (Å²) >= 11 is 5.58. The molecule has 0 bridgehead atoms. The van der Waals surface area contributed by atoms with Gasteiger partial charge in [0.1, 0.15) is 5.92 Å². The van der Waals surface area contributed by atoms with Crippen LogP contribution in [0.25, 0.3) is 16.6 Å². The second-order valence-electron chi connectivity index (χ2n) is 8.01. The number of fused-ring (bicyclic) bond motifs is 3. The van der Waals surface area contributed by atoms with Gasteiger partial charge in [-0.05, 0) is 67.2 Å². The van der Waals surface area contributed by atoms with Crippen molar-refractivity contribution in [1.29, 1.82) is 0 Å². The number of aliphatic hydroxyl groups excluding tert-OH is 1. The Morgan fingerprint density at radius 1 is 1.30 bits per heavy atom. The van der Waals surface area contributed by atoms with E-state index < -0.39 is 23.2 Å². The number of carbonyl (C=O) groups excluding carboxylic acids is 2. The van der Waals surface area contributed by atoms with E-state index in [-0.39, 0.29) is 0 Å². The summed E-state index contributed by atoms with van der Waals surface area (Å²) in [5.41, 5.74) is 5.69. The van der Waals surface area contributed by atoms with Crippen molar-refractivity contribution in [3.8, 4) is 0 Å². The fourth-order valence-corrected chi connectivity index (χ4v) is 4.73. The maximum absolute atomic E-state index is 12.5. The molecule has 2 atom stereocenters. The zero-order valence-corrected chi connectivity index (χ0v) is 18.0. The van der Waals surface area contributed by atoms with Crippen molar-refractivity contribution in [2.45, 2.75) is 31.9 Å². The third kappa shape index (κ3) is 3.67. The highest BCUT2D eigenvalue weighted by molar-refractivity contribution is 6.65. The first-order valence-electron chi connectivity index (χ1n) is 10.3. The SMILES string of the molecule is CNCCNCc1cc2cc3c(cc2n1C)CCCC1=C3NC(=O)C(C(=O)Cl)C1O. The Bertz CT molecular complexity index is 1040. The van der Waals surface area contributed by atoms with Crippen LogP contribution in [-0.4, -0.2) is 47.1 Å². The Balaban J connectivity index is 1.75. The van der Waals surface area contributed by atoms with E-state index >= 15 is 0 Å². The minimum Gasteiger partial charge on any atom is -0.387 e. The van der Waals surface area contributed by atoms with Crippen LogP contribution >= 0.6 is 11.6 Å². The van der Waals surface area contributed by atoms with Gasteiger partial charge in [-0.2, -0.15) is 0 Å². The van der Waals surface area contributed by atoms with Crippen molar-refractivity contribution in [1.82, 2.24) is 20.5 Å². The fourth-order valence-electron chi connectivity index (χ4n) is 4.51. The van der Waals surface area contributed by atoms with Gasteiger partial charge in [-0.25, -0.2) is 0 Å². The molecule has 2 aliphatic rings. The van der Waals surface area contributed by atoms with Crippen LogP contribution in [-0.2, 0) is 29.6 Å². The monoisotopic (exact) mass is 430 g/mol. The van der Waals surface area contributed by atoms with Gasteiger partial charge in [0, 0.05) is 48.8 Å². The zero-order chi connectivity index (χ0) is 21.4. The van der Waals surface area contributed by atoms with Crippen LogP contribution in [0.5, 0.6) is 0 Å². The first-order valence-corrected chi connectivity index (χ1v) is 10.7. The van der Waals surface area contributed by atoms with E-state index in [1.165, 1.54) is 5.69 Å². The van der Waals surface area contributed by atoms with Gasteiger partial charge in [-0.3, -0.25) is 9.59 Å². The summed E-state index contributed by atoms with van der Waals surface area (Å²) in [6.45, 7) is 2.55. The van der Waals surface area contributed by atoms with Crippen LogP contribution in [0.3, 0.4) is 0 Å². The standard InChI is InChI=1S/C22H27ClN4O3/c1-24-6-7-25-11-14-8-13-9-16-12(10-17(13)27(14)2)4-3-5-15-19(16)26-22(30)18(20(15)28)21(23)29/h8-10,18,20,24-25,28H,3-7,11H2,1-2H3,(H,26,30). The molecule has 1 aliphatic carbocycles. The largest absolute Gasteiger partial charge is 0.387 e. The van der Waals surface area contributed by atoms with E-state index in [0.29, 0.717) is 17.7 Å². The molecule has 4 rings (SSSR count). The number of benzene rings is 1. The Hall–Kier alpha value is -2.19. The normalized spacial score (nSPS) is 21.3. The Morgan fingerprint density at radius 2 is 2.10 bits per heavy atom. The first kappa shape index (κ1) is 21.1. The maximum atomic E-state index is 12.5. The number of halogens is 1. The van der Waals surface area contributed by atoms with Gasteiger partial charge >= 0.3 is 0 Å². The number of amides is 1. The van der Waals surface area contributed by atoms with Crippen molar-refractivity contribution in [2.75, 3.05) is 20.1 Å². The minimum atomic E-state index is -1.25. The van der Waals surface area contributed by atoms with Gasteiger partial charge < -0.3 is 25.6 Å². The molecule has 30 heavy (non-hydrogen) atoms. The van der Waals surface area contributed by atoms with E-state index in [2.05, 4.69) is 45.8 Å². The van der Waals surface area contributed by atoms with Gasteiger partial charge in [0.15, 0.2) is 0 Å². The van der Waals surface area contributed by atoms with E-state index in [9.17, 15) is 14.7 Å². The number of aryl methyl sites for hydroxylation is 2. The third-order valence-corrected chi connectivity index (χ3v) is 6.39. The topological polar surface area (TPSA) is 95.4 Å². The number of aliphatic hydroxyl groups is 1. The molecule has 8 heteroatoms. The molecule has 2 aromatic rings. The van der Waals surface area contributed by atoms with E-state index in [4.69, 9.17) is 11.6 Å². The van der Waals surface area contributed by atoms with Crippen LogP contribution in [0.1, 0.15) is 29.7 Å². The van der Waals surface area contributed by atoms with Crippen molar-refractivity contribution >= 4 is 39.4 Å². The average molecular weight is 431 g/mol. The number of aromatic nitrogens is 1. The molecule has 1 amide bonds. The summed E-state index contributed by atoms with van der Waals surface area (Å²) in [7, 11) is 3.99. The average Bonchev–Trinajstić information content (AvgIpc) is 2.89. The van der Waals surface area contributed by atoms with Crippen LogP contribution < -0.4 is 16.0 Å². The summed E-state index contributed by atoms with van der Waals surface area (Å²) in [6.07, 6.45) is 1.10. The number of carbonyl (C=O) groups is 2.